The molecular weight excluding hydrogens is 478 g/mol. The van der Waals surface area contributed by atoms with Crippen LogP contribution in [-0.2, 0) is 16.6 Å². The molecule has 38 heavy (non-hydrogen) atoms. The highest BCUT2D eigenvalue weighted by Gasteiger charge is 2.49. The van der Waals surface area contributed by atoms with Crippen LogP contribution >= 0.6 is 0 Å². The molecule has 1 aliphatic carbocycles. The second kappa shape index (κ2) is 9.03. The molecule has 0 radical (unpaired) electrons. The quantitative estimate of drug-likeness (QED) is 0.569. The number of hydrogen-bond acceptors (Lipinski definition) is 6. The number of nitrogens with zero attached hydrogens (tertiary/aromatic N) is 6. The third-order valence-corrected chi connectivity index (χ3v) is 8.51. The first-order chi connectivity index (χ1) is 18.5. The first-order valence-corrected chi connectivity index (χ1v) is 13.7. The number of amidine groups is 1. The van der Waals surface area contributed by atoms with E-state index in [1.807, 2.05) is 27.7 Å². The van der Waals surface area contributed by atoms with Gasteiger partial charge in [0.05, 0.1) is 25.1 Å². The molecule has 1 spiro atoms. The Morgan fingerprint density at radius 2 is 1.76 bits per heavy atom. The van der Waals surface area contributed by atoms with E-state index in [1.54, 1.807) is 0 Å². The molecule has 2 amide bonds. The SMILES string of the molecule is Cn1ncc2cc(-c3ccc(C4=NC5(CCNCC5)C(=O)N4CN4CCN(C(=O)C5CC5)C4)cc3)ccc21. The second-order valence-corrected chi connectivity index (χ2v) is 11.1. The lowest BCUT2D eigenvalue weighted by Crippen LogP contribution is -2.51. The number of carbonyl (C=O) groups is 2. The first kappa shape index (κ1) is 23.5. The van der Waals surface area contributed by atoms with Crippen LogP contribution in [0.4, 0.5) is 0 Å². The minimum absolute atomic E-state index is 0.0899. The fraction of sp³-hybridized carbons (Fsp3) is 0.448. The zero-order chi connectivity index (χ0) is 25.9. The highest BCUT2D eigenvalue weighted by molar-refractivity contribution is 6.15. The zero-order valence-electron chi connectivity index (χ0n) is 21.8. The van der Waals surface area contributed by atoms with Crippen molar-refractivity contribution in [2.75, 3.05) is 39.5 Å². The number of aliphatic imine (C=N–C) groups is 1. The lowest BCUT2D eigenvalue weighted by atomic mass is 9.89. The summed E-state index contributed by atoms with van der Waals surface area (Å²) in [5.74, 6) is 1.32. The Morgan fingerprint density at radius 1 is 1.03 bits per heavy atom. The lowest BCUT2D eigenvalue weighted by molar-refractivity contribution is -0.133. The van der Waals surface area contributed by atoms with E-state index in [-0.39, 0.29) is 17.7 Å². The van der Waals surface area contributed by atoms with Crippen molar-refractivity contribution in [1.29, 1.82) is 0 Å². The fourth-order valence-corrected chi connectivity index (χ4v) is 6.06. The Labute approximate surface area is 222 Å². The van der Waals surface area contributed by atoms with Crippen LogP contribution < -0.4 is 5.32 Å². The molecule has 4 heterocycles. The van der Waals surface area contributed by atoms with Crippen molar-refractivity contribution in [3.63, 3.8) is 0 Å². The minimum atomic E-state index is -0.687. The van der Waals surface area contributed by atoms with Crippen LogP contribution in [0.15, 0.2) is 53.7 Å². The molecule has 1 aromatic heterocycles. The van der Waals surface area contributed by atoms with E-state index < -0.39 is 5.54 Å². The average molecular weight is 512 g/mol. The molecule has 0 atom stereocenters. The zero-order valence-corrected chi connectivity index (χ0v) is 21.8. The molecule has 196 valence electrons. The van der Waals surface area contributed by atoms with Crippen LogP contribution in [0.2, 0.25) is 0 Å². The number of aryl methyl sites for hydroxylation is 1. The average Bonchev–Trinajstić information content (AvgIpc) is 3.51. The molecule has 3 aliphatic heterocycles. The largest absolute Gasteiger partial charge is 0.328 e. The summed E-state index contributed by atoms with van der Waals surface area (Å²) in [6.07, 6.45) is 5.33. The summed E-state index contributed by atoms with van der Waals surface area (Å²) < 4.78 is 1.88. The topological polar surface area (TPSA) is 86.1 Å². The molecule has 2 saturated heterocycles. The van der Waals surface area contributed by atoms with Crippen molar-refractivity contribution < 1.29 is 9.59 Å². The molecule has 3 aromatic rings. The van der Waals surface area contributed by atoms with E-state index in [9.17, 15) is 9.59 Å². The van der Waals surface area contributed by atoms with Gasteiger partial charge in [0, 0.05) is 37.0 Å². The molecule has 1 saturated carbocycles. The van der Waals surface area contributed by atoms with Crippen LogP contribution in [0.5, 0.6) is 0 Å². The molecule has 7 rings (SSSR count). The van der Waals surface area contributed by atoms with Crippen LogP contribution in [-0.4, -0.2) is 87.2 Å². The number of carbonyl (C=O) groups excluding carboxylic acids is 2. The highest BCUT2D eigenvalue weighted by Crippen LogP contribution is 2.35. The predicted octanol–water partition coefficient (Wildman–Crippen LogP) is 2.42. The minimum Gasteiger partial charge on any atom is -0.328 e. The number of amides is 2. The number of hydrogen-bond donors (Lipinski definition) is 1. The third-order valence-electron chi connectivity index (χ3n) is 8.51. The Morgan fingerprint density at radius 3 is 2.53 bits per heavy atom. The van der Waals surface area contributed by atoms with Crippen molar-refractivity contribution in [1.82, 2.24) is 29.8 Å². The van der Waals surface area contributed by atoms with E-state index in [1.165, 1.54) is 0 Å². The smallest absolute Gasteiger partial charge is 0.257 e. The summed E-state index contributed by atoms with van der Waals surface area (Å²) in [6, 6.07) is 14.8. The van der Waals surface area contributed by atoms with E-state index in [0.717, 1.165) is 72.4 Å². The maximum absolute atomic E-state index is 13.9. The summed E-state index contributed by atoms with van der Waals surface area (Å²) in [4.78, 5) is 37.6. The highest BCUT2D eigenvalue weighted by atomic mass is 16.2. The van der Waals surface area contributed by atoms with Gasteiger partial charge in [0.1, 0.15) is 11.4 Å². The molecule has 1 N–H and O–H groups in total. The molecule has 9 heteroatoms. The fourth-order valence-electron chi connectivity index (χ4n) is 6.06. The molecule has 3 fully saturated rings. The van der Waals surface area contributed by atoms with Gasteiger partial charge in [-0.1, -0.05) is 30.3 Å². The van der Waals surface area contributed by atoms with Gasteiger partial charge < -0.3 is 10.2 Å². The van der Waals surface area contributed by atoms with Gasteiger partial charge >= 0.3 is 0 Å². The van der Waals surface area contributed by atoms with Gasteiger partial charge in [0.15, 0.2) is 0 Å². The monoisotopic (exact) mass is 511 g/mol. The molecular formula is C29H33N7O2. The van der Waals surface area contributed by atoms with Crippen molar-refractivity contribution in [3.05, 3.63) is 54.2 Å². The summed E-state index contributed by atoms with van der Waals surface area (Å²) in [5.41, 5.74) is 3.61. The van der Waals surface area contributed by atoms with Gasteiger partial charge in [0.2, 0.25) is 5.91 Å². The molecule has 9 nitrogen and oxygen atoms in total. The van der Waals surface area contributed by atoms with E-state index in [2.05, 4.69) is 57.8 Å². The Kier molecular flexibility index (Phi) is 5.59. The van der Waals surface area contributed by atoms with Crippen LogP contribution in [0.1, 0.15) is 31.2 Å². The predicted molar refractivity (Wildman–Crippen MR) is 145 cm³/mol. The van der Waals surface area contributed by atoms with Crippen LogP contribution in [0, 0.1) is 5.92 Å². The van der Waals surface area contributed by atoms with E-state index in [0.29, 0.717) is 26.2 Å². The number of piperidine rings is 1. The normalized spacial score (nSPS) is 21.6. The summed E-state index contributed by atoms with van der Waals surface area (Å²) in [6.45, 7) is 4.13. The lowest BCUT2D eigenvalue weighted by Gasteiger charge is -2.31. The molecule has 4 aliphatic rings. The molecule has 0 bridgehead atoms. The first-order valence-electron chi connectivity index (χ1n) is 13.7. The maximum Gasteiger partial charge on any atom is 0.257 e. The van der Waals surface area contributed by atoms with Crippen molar-refractivity contribution >= 4 is 28.6 Å². The summed E-state index contributed by atoms with van der Waals surface area (Å²) in [5, 5.41) is 8.84. The van der Waals surface area contributed by atoms with Gasteiger partial charge in [-0.15, -0.1) is 0 Å². The molecule has 2 aromatic carbocycles. The number of aromatic nitrogens is 2. The van der Waals surface area contributed by atoms with Gasteiger partial charge in [-0.05, 0) is 62.0 Å². The molecule has 0 unspecified atom stereocenters. The van der Waals surface area contributed by atoms with Gasteiger partial charge in [0.25, 0.3) is 5.91 Å². The standard InChI is InChI=1S/C29H33N7O2/c1-33-25-9-8-23(16-24(25)17-31-33)20-2-4-21(5-3-20)26-32-29(10-12-30-13-11-29)28(38)36(26)19-34-14-15-35(18-34)27(37)22-6-7-22/h2-5,8-9,16-17,22,30H,6-7,10-15,18-19H2,1H3. The summed E-state index contributed by atoms with van der Waals surface area (Å²) >= 11 is 0. The van der Waals surface area contributed by atoms with Crippen molar-refractivity contribution in [2.45, 2.75) is 31.2 Å². The van der Waals surface area contributed by atoms with Crippen molar-refractivity contribution in [2.24, 2.45) is 18.0 Å². The van der Waals surface area contributed by atoms with Crippen molar-refractivity contribution in [3.8, 4) is 11.1 Å². The third kappa shape index (κ3) is 4.01. The Bertz CT molecular complexity index is 1430. The Hall–Kier alpha value is -3.56. The second-order valence-electron chi connectivity index (χ2n) is 11.1. The van der Waals surface area contributed by atoms with Crippen LogP contribution in [0.3, 0.4) is 0 Å². The number of benzene rings is 2. The van der Waals surface area contributed by atoms with E-state index in [4.69, 9.17) is 4.99 Å². The Balaban J connectivity index is 1.15. The van der Waals surface area contributed by atoms with Gasteiger partial charge in [-0.2, -0.15) is 5.10 Å². The van der Waals surface area contributed by atoms with Gasteiger partial charge in [-0.3, -0.25) is 29.1 Å². The maximum atomic E-state index is 13.9. The van der Waals surface area contributed by atoms with E-state index >= 15 is 0 Å². The number of fused-ring (bicyclic) bond motifs is 1. The van der Waals surface area contributed by atoms with Crippen LogP contribution in [0.25, 0.3) is 22.0 Å². The summed E-state index contributed by atoms with van der Waals surface area (Å²) in [7, 11) is 1.95. The van der Waals surface area contributed by atoms with Gasteiger partial charge in [-0.25, -0.2) is 0 Å². The number of rotatable bonds is 5. The number of nitrogens with one attached hydrogen (secondary N) is 1.